The number of rotatable bonds is 5. The topological polar surface area (TPSA) is 49.7 Å². The zero-order valence-electron chi connectivity index (χ0n) is 12.4. The molecule has 0 unspecified atom stereocenters. The molecule has 0 bridgehead atoms. The van der Waals surface area contributed by atoms with Gasteiger partial charge in [0.25, 0.3) is 0 Å². The third-order valence-electron chi connectivity index (χ3n) is 3.63. The van der Waals surface area contributed by atoms with Crippen molar-refractivity contribution in [2.45, 2.75) is 19.9 Å². The van der Waals surface area contributed by atoms with Gasteiger partial charge >= 0.3 is 0 Å². The van der Waals surface area contributed by atoms with Gasteiger partial charge in [-0.1, -0.05) is 24.3 Å². The summed E-state index contributed by atoms with van der Waals surface area (Å²) in [7, 11) is 2.03. The summed E-state index contributed by atoms with van der Waals surface area (Å²) in [6, 6.07) is 13.4. The molecule has 2 aromatic carbocycles. The molecule has 0 aliphatic rings. The van der Waals surface area contributed by atoms with Crippen molar-refractivity contribution in [2.75, 3.05) is 4.81 Å². The van der Waals surface area contributed by atoms with E-state index in [1.165, 1.54) is 0 Å². The van der Waals surface area contributed by atoms with Crippen molar-refractivity contribution in [3.05, 3.63) is 52.9 Å². The molecule has 0 fully saturated rings. The summed E-state index contributed by atoms with van der Waals surface area (Å²) >= 11 is 0. The maximum absolute atomic E-state index is 10.9. The molecule has 0 spiro atoms. The van der Waals surface area contributed by atoms with Gasteiger partial charge < -0.3 is 4.81 Å². The summed E-state index contributed by atoms with van der Waals surface area (Å²) in [5, 5.41) is 2.94. The predicted octanol–water partition coefficient (Wildman–Crippen LogP) is 3.33. The van der Waals surface area contributed by atoms with Gasteiger partial charge in [-0.2, -0.15) is 0 Å². The Hall–Kier alpha value is -2.43. The van der Waals surface area contributed by atoms with Crippen LogP contribution < -0.4 is 4.81 Å². The highest BCUT2D eigenvalue weighted by Gasteiger charge is 2.12. The fourth-order valence-corrected chi connectivity index (χ4v) is 2.19. The minimum Gasteiger partial charge on any atom is -0.419 e. The molecular weight excluding hydrogens is 263 g/mol. The molecule has 2 rings (SSSR count). The zero-order valence-corrected chi connectivity index (χ0v) is 12.4. The van der Waals surface area contributed by atoms with Crippen LogP contribution in [0.15, 0.2) is 47.6 Å². The summed E-state index contributed by atoms with van der Waals surface area (Å²) in [5.41, 5.74) is 3.44. The van der Waals surface area contributed by atoms with Gasteiger partial charge in [-0.05, 0) is 42.8 Å². The van der Waals surface area contributed by atoms with E-state index in [2.05, 4.69) is 23.8 Å². The number of nitrogens with zero attached hydrogens (tertiary/aromatic N) is 2. The van der Waals surface area contributed by atoms with Gasteiger partial charge in [-0.15, -0.1) is 4.91 Å². The van der Waals surface area contributed by atoms with E-state index in [4.69, 9.17) is 0 Å². The predicted molar refractivity (Wildman–Crippen MR) is 88.9 cm³/mol. The highest BCUT2D eigenvalue weighted by Crippen LogP contribution is 2.33. The number of hydrogen-bond acceptors (Lipinski definition) is 4. The maximum Gasteiger partial charge on any atom is 0.217 e. The Morgan fingerprint density at radius 1 is 1.19 bits per heavy atom. The number of carbonyl (C=O) groups is 1. The number of aldehydes is 1. The van der Waals surface area contributed by atoms with Crippen LogP contribution in [0.3, 0.4) is 0 Å². The molecule has 0 N–H and O–H groups in total. The number of anilines is 1. The second-order valence-electron chi connectivity index (χ2n) is 5.20. The number of para-hydroxylation sites is 1. The van der Waals surface area contributed by atoms with Crippen LogP contribution in [0.1, 0.15) is 24.2 Å². The first-order valence-electron chi connectivity index (χ1n) is 6.83. The van der Waals surface area contributed by atoms with Crippen LogP contribution in [0.25, 0.3) is 11.1 Å². The van der Waals surface area contributed by atoms with Crippen molar-refractivity contribution in [1.82, 2.24) is 0 Å². The SMILES string of the molecule is BN(c1ccccc1-c1ccc(C=O)c(N=O)c1)C(C)C. The van der Waals surface area contributed by atoms with E-state index < -0.39 is 0 Å². The molecule has 0 saturated heterocycles. The zero-order chi connectivity index (χ0) is 15.4. The first-order chi connectivity index (χ1) is 10.1. The van der Waals surface area contributed by atoms with Gasteiger partial charge in [0, 0.05) is 22.9 Å². The molecule has 21 heavy (non-hydrogen) atoms. The molecule has 0 amide bonds. The van der Waals surface area contributed by atoms with Crippen molar-refractivity contribution in [2.24, 2.45) is 5.18 Å². The summed E-state index contributed by atoms with van der Waals surface area (Å²) in [6.45, 7) is 4.23. The summed E-state index contributed by atoms with van der Waals surface area (Å²) in [6.07, 6.45) is 0.645. The lowest BCUT2D eigenvalue weighted by Crippen LogP contribution is -2.27. The Bertz CT molecular complexity index is 671. The van der Waals surface area contributed by atoms with E-state index in [0.29, 0.717) is 17.9 Å². The van der Waals surface area contributed by atoms with Crippen molar-refractivity contribution in [3.63, 3.8) is 0 Å². The second kappa shape index (κ2) is 6.35. The van der Waals surface area contributed by atoms with Gasteiger partial charge in [0.2, 0.25) is 7.98 Å². The van der Waals surface area contributed by atoms with Crippen LogP contribution in [0.5, 0.6) is 0 Å². The minimum absolute atomic E-state index is 0.171. The van der Waals surface area contributed by atoms with E-state index in [1.807, 2.05) is 38.3 Å². The van der Waals surface area contributed by atoms with Gasteiger partial charge in [0.15, 0.2) is 6.29 Å². The summed E-state index contributed by atoms with van der Waals surface area (Å²) < 4.78 is 0. The van der Waals surface area contributed by atoms with Crippen LogP contribution in [0, 0.1) is 4.91 Å². The fourth-order valence-electron chi connectivity index (χ4n) is 2.19. The lowest BCUT2D eigenvalue weighted by molar-refractivity contribution is 0.112. The van der Waals surface area contributed by atoms with Crippen molar-refractivity contribution in [3.8, 4) is 11.1 Å². The van der Waals surface area contributed by atoms with E-state index in [0.717, 1.165) is 16.8 Å². The third kappa shape index (κ3) is 3.02. The van der Waals surface area contributed by atoms with Gasteiger partial charge in [-0.25, -0.2) is 0 Å². The largest absolute Gasteiger partial charge is 0.419 e. The van der Waals surface area contributed by atoms with E-state index in [9.17, 15) is 9.70 Å². The molecule has 0 heterocycles. The van der Waals surface area contributed by atoms with E-state index in [1.54, 1.807) is 12.1 Å². The quantitative estimate of drug-likeness (QED) is 0.479. The number of benzene rings is 2. The summed E-state index contributed by atoms with van der Waals surface area (Å²) in [4.78, 5) is 23.9. The lowest BCUT2D eigenvalue weighted by atomic mass is 9.98. The molecule has 2 aromatic rings. The van der Waals surface area contributed by atoms with Crippen LogP contribution in [-0.2, 0) is 0 Å². The molecule has 0 aliphatic heterocycles. The van der Waals surface area contributed by atoms with Gasteiger partial charge in [0.05, 0.1) is 0 Å². The number of carbonyl (C=O) groups excluding carboxylic acids is 1. The van der Waals surface area contributed by atoms with Crippen molar-refractivity contribution < 1.29 is 4.79 Å². The third-order valence-corrected chi connectivity index (χ3v) is 3.63. The first kappa shape index (κ1) is 15.0. The van der Waals surface area contributed by atoms with Gasteiger partial charge in [-0.3, -0.25) is 4.79 Å². The molecule has 106 valence electrons. The first-order valence-corrected chi connectivity index (χ1v) is 6.83. The Balaban J connectivity index is 2.57. The monoisotopic (exact) mass is 280 g/mol. The van der Waals surface area contributed by atoms with Crippen LogP contribution in [0.2, 0.25) is 0 Å². The van der Waals surface area contributed by atoms with Gasteiger partial charge in [0.1, 0.15) is 5.69 Å². The lowest BCUT2D eigenvalue weighted by Gasteiger charge is -2.27. The smallest absolute Gasteiger partial charge is 0.217 e. The van der Waals surface area contributed by atoms with Crippen LogP contribution >= 0.6 is 0 Å². The summed E-state index contributed by atoms with van der Waals surface area (Å²) in [5.74, 6) is 0. The van der Waals surface area contributed by atoms with Crippen molar-refractivity contribution in [1.29, 1.82) is 0 Å². The Morgan fingerprint density at radius 2 is 1.90 bits per heavy atom. The van der Waals surface area contributed by atoms with Crippen molar-refractivity contribution >= 4 is 25.6 Å². The molecule has 0 saturated carbocycles. The minimum atomic E-state index is 0.171. The molecule has 5 heteroatoms. The Kier molecular flexibility index (Phi) is 4.53. The highest BCUT2D eigenvalue weighted by molar-refractivity contribution is 6.19. The van der Waals surface area contributed by atoms with E-state index in [-0.39, 0.29) is 5.69 Å². The standard InChI is InChI=1S/C16H17BN2O2/c1-11(2)19(17)16-6-4-3-5-14(16)12-7-8-13(10-20)15(9-12)18-21/h3-11H,17H2,1-2H3. The fraction of sp³-hybridized carbons (Fsp3) is 0.188. The molecule has 0 aromatic heterocycles. The van der Waals surface area contributed by atoms with Crippen LogP contribution in [0.4, 0.5) is 11.4 Å². The highest BCUT2D eigenvalue weighted by atomic mass is 16.3. The molecule has 0 aliphatic carbocycles. The van der Waals surface area contributed by atoms with Crippen LogP contribution in [-0.4, -0.2) is 20.3 Å². The molecule has 0 radical (unpaired) electrons. The molecular formula is C16H17BN2O2. The maximum atomic E-state index is 10.9. The number of hydrogen-bond donors (Lipinski definition) is 0. The Morgan fingerprint density at radius 3 is 2.52 bits per heavy atom. The average molecular weight is 280 g/mol. The molecule has 4 nitrogen and oxygen atoms in total. The second-order valence-corrected chi connectivity index (χ2v) is 5.20. The normalized spacial score (nSPS) is 10.4. The molecule has 0 atom stereocenters. The Labute approximate surface area is 125 Å². The average Bonchev–Trinajstić information content (AvgIpc) is 2.53. The van der Waals surface area contributed by atoms with E-state index >= 15 is 0 Å². The number of nitroso groups, excluding NO2 is 1.